The van der Waals surface area contributed by atoms with Gasteiger partial charge in [0.15, 0.2) is 5.82 Å². The molecule has 128 valence electrons. The van der Waals surface area contributed by atoms with Crippen molar-refractivity contribution >= 4 is 5.91 Å². The number of hydrogen-bond donors (Lipinski definition) is 0. The molecule has 1 aliphatic heterocycles. The maximum atomic E-state index is 12.8. The van der Waals surface area contributed by atoms with Gasteiger partial charge in [0.2, 0.25) is 0 Å². The fourth-order valence-corrected chi connectivity index (χ4v) is 3.17. The van der Waals surface area contributed by atoms with Crippen molar-refractivity contribution in [3.63, 3.8) is 0 Å². The highest BCUT2D eigenvalue weighted by molar-refractivity contribution is 5.94. The molecule has 0 atom stereocenters. The van der Waals surface area contributed by atoms with Crippen molar-refractivity contribution in [3.8, 4) is 0 Å². The third-order valence-corrected chi connectivity index (χ3v) is 4.54. The molecule has 25 heavy (non-hydrogen) atoms. The Morgan fingerprint density at radius 1 is 1.16 bits per heavy atom. The van der Waals surface area contributed by atoms with Crippen LogP contribution < -0.4 is 0 Å². The van der Waals surface area contributed by atoms with E-state index in [4.69, 9.17) is 0 Å². The molecular formula is C18H20N6O. The maximum Gasteiger partial charge on any atom is 0.254 e. The largest absolute Gasteiger partial charge is 0.329 e. The molecule has 3 heterocycles. The summed E-state index contributed by atoms with van der Waals surface area (Å²) in [5.74, 6) is 1.90. The molecule has 3 aromatic rings. The minimum absolute atomic E-state index is 0.0398. The van der Waals surface area contributed by atoms with E-state index in [1.165, 1.54) is 0 Å². The van der Waals surface area contributed by atoms with Crippen molar-refractivity contribution in [2.75, 3.05) is 6.54 Å². The molecule has 0 spiro atoms. The fraction of sp³-hybridized carbons (Fsp3) is 0.333. The van der Waals surface area contributed by atoms with Crippen LogP contribution in [0.15, 0.2) is 42.7 Å². The first kappa shape index (κ1) is 15.6. The molecule has 0 saturated heterocycles. The number of aryl methyl sites for hydroxylation is 1. The molecular weight excluding hydrogens is 316 g/mol. The van der Waals surface area contributed by atoms with Crippen LogP contribution in [0.2, 0.25) is 0 Å². The van der Waals surface area contributed by atoms with E-state index in [0.717, 1.165) is 30.2 Å². The average molecular weight is 336 g/mol. The second-order valence-electron chi connectivity index (χ2n) is 6.16. The Balaban J connectivity index is 1.46. The van der Waals surface area contributed by atoms with Crippen LogP contribution >= 0.6 is 0 Å². The van der Waals surface area contributed by atoms with Crippen LogP contribution in [-0.2, 0) is 26.1 Å². The third-order valence-electron chi connectivity index (χ3n) is 4.54. The van der Waals surface area contributed by atoms with Gasteiger partial charge in [-0.1, -0.05) is 19.1 Å². The summed E-state index contributed by atoms with van der Waals surface area (Å²) in [4.78, 5) is 14.6. The van der Waals surface area contributed by atoms with E-state index in [0.29, 0.717) is 25.2 Å². The predicted octanol–water partition coefficient (Wildman–Crippen LogP) is 1.74. The van der Waals surface area contributed by atoms with Gasteiger partial charge in [0.25, 0.3) is 5.91 Å². The van der Waals surface area contributed by atoms with Crippen LogP contribution in [0, 0.1) is 0 Å². The highest BCUT2D eigenvalue weighted by atomic mass is 16.2. The second-order valence-corrected chi connectivity index (χ2v) is 6.16. The van der Waals surface area contributed by atoms with Gasteiger partial charge in [0, 0.05) is 37.5 Å². The Hall–Kier alpha value is -2.96. The Morgan fingerprint density at radius 3 is 2.72 bits per heavy atom. The monoisotopic (exact) mass is 336 g/mol. The number of rotatable bonds is 4. The van der Waals surface area contributed by atoms with Gasteiger partial charge in [-0.3, -0.25) is 9.48 Å². The molecule has 2 aromatic heterocycles. The van der Waals surface area contributed by atoms with Crippen LogP contribution in [0.4, 0.5) is 0 Å². The van der Waals surface area contributed by atoms with Crippen molar-refractivity contribution in [1.82, 2.24) is 29.4 Å². The molecule has 0 fully saturated rings. The molecule has 0 saturated carbocycles. The Labute approximate surface area is 145 Å². The lowest BCUT2D eigenvalue weighted by Crippen LogP contribution is -2.38. The van der Waals surface area contributed by atoms with Gasteiger partial charge in [-0.15, -0.1) is 10.2 Å². The number of fused-ring (bicyclic) bond motifs is 1. The SMILES string of the molecule is CCc1nnc2n1CCN(C(=O)c1ccc(Cn3cccn3)cc1)C2. The molecule has 0 unspecified atom stereocenters. The van der Waals surface area contributed by atoms with E-state index >= 15 is 0 Å². The molecule has 1 aromatic carbocycles. The molecule has 7 heteroatoms. The number of benzene rings is 1. The summed E-state index contributed by atoms with van der Waals surface area (Å²) in [6.07, 6.45) is 4.54. The molecule has 1 aliphatic rings. The summed E-state index contributed by atoms with van der Waals surface area (Å²) in [5, 5.41) is 12.6. The van der Waals surface area contributed by atoms with Gasteiger partial charge in [-0.25, -0.2) is 0 Å². The maximum absolute atomic E-state index is 12.8. The number of amides is 1. The smallest absolute Gasteiger partial charge is 0.254 e. The minimum atomic E-state index is 0.0398. The van der Waals surface area contributed by atoms with Gasteiger partial charge in [-0.05, 0) is 23.8 Å². The van der Waals surface area contributed by atoms with E-state index in [2.05, 4.69) is 26.8 Å². The quantitative estimate of drug-likeness (QED) is 0.728. The summed E-state index contributed by atoms with van der Waals surface area (Å²) >= 11 is 0. The number of carbonyl (C=O) groups excluding carboxylic acids is 1. The van der Waals surface area contributed by atoms with Crippen LogP contribution in [-0.4, -0.2) is 41.9 Å². The summed E-state index contributed by atoms with van der Waals surface area (Å²) in [6, 6.07) is 9.64. The molecule has 0 bridgehead atoms. The van der Waals surface area contributed by atoms with E-state index in [1.54, 1.807) is 6.20 Å². The van der Waals surface area contributed by atoms with Crippen molar-refractivity contribution in [1.29, 1.82) is 0 Å². The summed E-state index contributed by atoms with van der Waals surface area (Å²) in [7, 11) is 0. The topological polar surface area (TPSA) is 68.8 Å². The number of hydrogen-bond acceptors (Lipinski definition) is 4. The number of aromatic nitrogens is 5. The summed E-state index contributed by atoms with van der Waals surface area (Å²) in [6.45, 7) is 4.73. The van der Waals surface area contributed by atoms with Crippen LogP contribution in [0.5, 0.6) is 0 Å². The zero-order valence-electron chi connectivity index (χ0n) is 14.2. The van der Waals surface area contributed by atoms with Gasteiger partial charge < -0.3 is 9.47 Å². The first-order valence-corrected chi connectivity index (χ1v) is 8.51. The molecule has 0 aliphatic carbocycles. The van der Waals surface area contributed by atoms with E-state index in [9.17, 15) is 4.79 Å². The normalized spacial score (nSPS) is 13.7. The Kier molecular flexibility index (Phi) is 4.05. The van der Waals surface area contributed by atoms with Crippen molar-refractivity contribution < 1.29 is 4.79 Å². The van der Waals surface area contributed by atoms with Crippen molar-refractivity contribution in [2.45, 2.75) is 33.0 Å². The molecule has 1 amide bonds. The lowest BCUT2D eigenvalue weighted by atomic mass is 10.1. The zero-order chi connectivity index (χ0) is 17.2. The standard InChI is InChI=1S/C18H20N6O/c1-2-16-20-21-17-13-22(10-11-24(16)17)18(25)15-6-4-14(5-7-15)12-23-9-3-8-19-23/h3-9H,2,10-13H2,1H3. The van der Waals surface area contributed by atoms with E-state index in [1.807, 2.05) is 46.1 Å². The highest BCUT2D eigenvalue weighted by Crippen LogP contribution is 2.16. The first-order valence-electron chi connectivity index (χ1n) is 8.51. The minimum Gasteiger partial charge on any atom is -0.329 e. The molecule has 0 N–H and O–H groups in total. The van der Waals surface area contributed by atoms with Crippen molar-refractivity contribution in [3.05, 3.63) is 65.5 Å². The molecule has 7 nitrogen and oxygen atoms in total. The number of carbonyl (C=O) groups is 1. The van der Waals surface area contributed by atoms with Gasteiger partial charge >= 0.3 is 0 Å². The Bertz CT molecular complexity index is 866. The molecule has 4 rings (SSSR count). The first-order chi connectivity index (χ1) is 12.2. The highest BCUT2D eigenvalue weighted by Gasteiger charge is 2.24. The molecule has 0 radical (unpaired) electrons. The number of nitrogens with zero attached hydrogens (tertiary/aromatic N) is 6. The fourth-order valence-electron chi connectivity index (χ4n) is 3.17. The average Bonchev–Trinajstić information content (AvgIpc) is 3.30. The van der Waals surface area contributed by atoms with Crippen LogP contribution in [0.25, 0.3) is 0 Å². The second kappa shape index (κ2) is 6.51. The van der Waals surface area contributed by atoms with Gasteiger partial charge in [0.05, 0.1) is 13.1 Å². The summed E-state index contributed by atoms with van der Waals surface area (Å²) in [5.41, 5.74) is 1.82. The van der Waals surface area contributed by atoms with E-state index in [-0.39, 0.29) is 5.91 Å². The third kappa shape index (κ3) is 3.05. The van der Waals surface area contributed by atoms with E-state index < -0.39 is 0 Å². The lowest BCUT2D eigenvalue weighted by Gasteiger charge is -2.28. The van der Waals surface area contributed by atoms with Crippen LogP contribution in [0.3, 0.4) is 0 Å². The van der Waals surface area contributed by atoms with Crippen LogP contribution in [0.1, 0.15) is 34.5 Å². The van der Waals surface area contributed by atoms with Gasteiger partial charge in [0.1, 0.15) is 5.82 Å². The van der Waals surface area contributed by atoms with Crippen molar-refractivity contribution in [2.24, 2.45) is 0 Å². The summed E-state index contributed by atoms with van der Waals surface area (Å²) < 4.78 is 3.98. The predicted molar refractivity (Wildman–Crippen MR) is 91.9 cm³/mol. The lowest BCUT2D eigenvalue weighted by molar-refractivity contribution is 0.0706. The Morgan fingerprint density at radius 2 is 2.00 bits per heavy atom. The zero-order valence-corrected chi connectivity index (χ0v) is 14.2. The van der Waals surface area contributed by atoms with Gasteiger partial charge in [-0.2, -0.15) is 5.10 Å².